The van der Waals surface area contributed by atoms with Crippen molar-refractivity contribution in [2.45, 2.75) is 39.3 Å². The molecule has 4 heteroatoms. The molecule has 0 saturated heterocycles. The van der Waals surface area contributed by atoms with Crippen LogP contribution in [0.4, 0.5) is 0 Å². The normalized spacial score (nSPS) is 16.2. The summed E-state index contributed by atoms with van der Waals surface area (Å²) in [6.07, 6.45) is 0. The van der Waals surface area contributed by atoms with Gasteiger partial charge in [-0.2, -0.15) is 0 Å². The van der Waals surface area contributed by atoms with Gasteiger partial charge in [0.2, 0.25) is 0 Å². The molecule has 0 spiro atoms. The van der Waals surface area contributed by atoms with Gasteiger partial charge >= 0.3 is 5.97 Å². The van der Waals surface area contributed by atoms with Crippen LogP contribution in [-0.4, -0.2) is 40.6 Å². The zero-order valence-corrected chi connectivity index (χ0v) is 8.87. The van der Waals surface area contributed by atoms with Crippen LogP contribution in [0, 0.1) is 0 Å². The Morgan fingerprint density at radius 1 is 1.62 bits per heavy atom. The number of nitrogens with two attached hydrogens (primary N) is 1. The molecule has 1 atom stereocenters. The summed E-state index contributed by atoms with van der Waals surface area (Å²) in [6.45, 7) is 8.80. The van der Waals surface area contributed by atoms with Crippen LogP contribution < -0.4 is 5.73 Å². The average Bonchev–Trinajstić information content (AvgIpc) is 1.99. The van der Waals surface area contributed by atoms with E-state index in [1.54, 1.807) is 6.92 Å². The molecule has 0 radical (unpaired) electrons. The molecule has 0 aliphatic heterocycles. The van der Waals surface area contributed by atoms with Gasteiger partial charge in [-0.3, -0.25) is 9.69 Å². The standard InChI is InChI=1S/C9H20N2O2/c1-5-11(7(2)3)6-9(4,10)8(12)13/h7H,5-6,10H2,1-4H3,(H,12,13). The van der Waals surface area contributed by atoms with Crippen LogP contribution >= 0.6 is 0 Å². The largest absolute Gasteiger partial charge is 0.480 e. The van der Waals surface area contributed by atoms with E-state index in [2.05, 4.69) is 0 Å². The highest BCUT2D eigenvalue weighted by Crippen LogP contribution is 2.06. The van der Waals surface area contributed by atoms with Gasteiger partial charge in [0.05, 0.1) is 0 Å². The maximum absolute atomic E-state index is 10.7. The van der Waals surface area contributed by atoms with Gasteiger partial charge in [-0.1, -0.05) is 6.92 Å². The van der Waals surface area contributed by atoms with E-state index in [1.165, 1.54) is 0 Å². The number of hydrogen-bond acceptors (Lipinski definition) is 3. The number of rotatable bonds is 5. The lowest BCUT2D eigenvalue weighted by Gasteiger charge is -2.31. The van der Waals surface area contributed by atoms with Crippen LogP contribution in [0.5, 0.6) is 0 Å². The smallest absolute Gasteiger partial charge is 0.324 e. The van der Waals surface area contributed by atoms with Crippen LogP contribution in [-0.2, 0) is 4.79 Å². The third-order valence-electron chi connectivity index (χ3n) is 2.16. The second-order valence-corrected chi connectivity index (χ2v) is 3.88. The van der Waals surface area contributed by atoms with Crippen molar-refractivity contribution < 1.29 is 9.90 Å². The van der Waals surface area contributed by atoms with Crippen LogP contribution in [0.15, 0.2) is 0 Å². The molecule has 1 unspecified atom stereocenters. The summed E-state index contributed by atoms with van der Waals surface area (Å²) in [5.74, 6) is -0.952. The molecule has 0 bridgehead atoms. The lowest BCUT2D eigenvalue weighted by Crippen LogP contribution is -2.55. The number of carboxylic acids is 1. The summed E-state index contributed by atoms with van der Waals surface area (Å²) in [6, 6.07) is 0.326. The average molecular weight is 188 g/mol. The number of carboxylic acid groups (broad SMARTS) is 1. The molecule has 0 heterocycles. The second kappa shape index (κ2) is 4.58. The highest BCUT2D eigenvalue weighted by molar-refractivity contribution is 5.78. The molecule has 0 aliphatic carbocycles. The molecule has 0 aromatic carbocycles. The zero-order chi connectivity index (χ0) is 10.6. The maximum Gasteiger partial charge on any atom is 0.324 e. The fourth-order valence-electron chi connectivity index (χ4n) is 1.15. The number of hydrogen-bond donors (Lipinski definition) is 2. The first-order chi connectivity index (χ1) is 5.81. The lowest BCUT2D eigenvalue weighted by molar-refractivity contribution is -0.143. The maximum atomic E-state index is 10.7. The minimum absolute atomic E-state index is 0.326. The molecule has 0 saturated carbocycles. The highest BCUT2D eigenvalue weighted by atomic mass is 16.4. The highest BCUT2D eigenvalue weighted by Gasteiger charge is 2.30. The molecule has 0 aromatic rings. The molecule has 0 aromatic heterocycles. The predicted octanol–water partition coefficient (Wildman–Crippen LogP) is 0.519. The van der Waals surface area contributed by atoms with Crippen molar-refractivity contribution >= 4 is 5.97 Å². The number of aliphatic carboxylic acids is 1. The minimum Gasteiger partial charge on any atom is -0.480 e. The molecule has 0 fully saturated rings. The van der Waals surface area contributed by atoms with Crippen molar-refractivity contribution in [3.8, 4) is 0 Å². The molecule has 0 rings (SSSR count). The Hall–Kier alpha value is -0.610. The Morgan fingerprint density at radius 2 is 2.08 bits per heavy atom. The molecule has 78 valence electrons. The topological polar surface area (TPSA) is 66.6 Å². The van der Waals surface area contributed by atoms with E-state index in [9.17, 15) is 4.79 Å². The van der Waals surface area contributed by atoms with E-state index in [-0.39, 0.29) is 0 Å². The molecule has 3 N–H and O–H groups in total. The van der Waals surface area contributed by atoms with Gasteiger partial charge in [0.25, 0.3) is 0 Å². The Balaban J connectivity index is 4.30. The van der Waals surface area contributed by atoms with Crippen LogP contribution in [0.2, 0.25) is 0 Å². The summed E-state index contributed by atoms with van der Waals surface area (Å²) < 4.78 is 0. The fourth-order valence-corrected chi connectivity index (χ4v) is 1.15. The van der Waals surface area contributed by atoms with Crippen molar-refractivity contribution in [3.05, 3.63) is 0 Å². The van der Waals surface area contributed by atoms with Crippen molar-refractivity contribution in [1.29, 1.82) is 0 Å². The molecule has 0 amide bonds. The molecule has 4 nitrogen and oxygen atoms in total. The molecular formula is C9H20N2O2. The van der Waals surface area contributed by atoms with E-state index < -0.39 is 11.5 Å². The molecular weight excluding hydrogens is 168 g/mol. The predicted molar refractivity (Wildman–Crippen MR) is 52.6 cm³/mol. The van der Waals surface area contributed by atoms with Crippen molar-refractivity contribution in [2.24, 2.45) is 5.73 Å². The van der Waals surface area contributed by atoms with E-state index in [1.807, 2.05) is 25.7 Å². The van der Waals surface area contributed by atoms with Gasteiger partial charge in [-0.25, -0.2) is 0 Å². The minimum atomic E-state index is -1.15. The van der Waals surface area contributed by atoms with Crippen LogP contribution in [0.1, 0.15) is 27.7 Å². The van der Waals surface area contributed by atoms with Gasteiger partial charge in [0.15, 0.2) is 0 Å². The fraction of sp³-hybridized carbons (Fsp3) is 0.889. The molecule has 0 aliphatic rings. The summed E-state index contributed by atoms with van der Waals surface area (Å²) in [7, 11) is 0. The summed E-state index contributed by atoms with van der Waals surface area (Å²) in [5.41, 5.74) is 4.48. The van der Waals surface area contributed by atoms with E-state index in [4.69, 9.17) is 10.8 Å². The summed E-state index contributed by atoms with van der Waals surface area (Å²) in [5, 5.41) is 8.82. The van der Waals surface area contributed by atoms with Gasteiger partial charge in [0.1, 0.15) is 5.54 Å². The number of nitrogens with zero attached hydrogens (tertiary/aromatic N) is 1. The Morgan fingerprint density at radius 3 is 2.31 bits per heavy atom. The van der Waals surface area contributed by atoms with E-state index in [0.29, 0.717) is 12.6 Å². The van der Waals surface area contributed by atoms with Crippen LogP contribution in [0.25, 0.3) is 0 Å². The zero-order valence-electron chi connectivity index (χ0n) is 8.87. The Bertz CT molecular complexity index is 178. The third-order valence-corrected chi connectivity index (χ3v) is 2.16. The van der Waals surface area contributed by atoms with Gasteiger partial charge < -0.3 is 10.8 Å². The first-order valence-corrected chi connectivity index (χ1v) is 4.57. The second-order valence-electron chi connectivity index (χ2n) is 3.88. The third kappa shape index (κ3) is 3.74. The van der Waals surface area contributed by atoms with Gasteiger partial charge in [-0.05, 0) is 27.3 Å². The van der Waals surface area contributed by atoms with Crippen molar-refractivity contribution in [3.63, 3.8) is 0 Å². The van der Waals surface area contributed by atoms with Gasteiger partial charge in [-0.15, -0.1) is 0 Å². The first-order valence-electron chi connectivity index (χ1n) is 4.57. The number of carbonyl (C=O) groups is 1. The Labute approximate surface area is 79.7 Å². The Kier molecular flexibility index (Phi) is 4.36. The SMILES string of the molecule is CCN(CC(C)(N)C(=O)O)C(C)C. The molecule has 13 heavy (non-hydrogen) atoms. The lowest BCUT2D eigenvalue weighted by atomic mass is 10.0. The van der Waals surface area contributed by atoms with E-state index >= 15 is 0 Å². The number of likely N-dealkylation sites (N-methyl/N-ethyl adjacent to an activating group) is 1. The monoisotopic (exact) mass is 188 g/mol. The van der Waals surface area contributed by atoms with E-state index in [0.717, 1.165) is 6.54 Å². The van der Waals surface area contributed by atoms with Crippen molar-refractivity contribution in [1.82, 2.24) is 4.90 Å². The summed E-state index contributed by atoms with van der Waals surface area (Å²) >= 11 is 0. The summed E-state index contributed by atoms with van der Waals surface area (Å²) in [4.78, 5) is 12.8. The quantitative estimate of drug-likeness (QED) is 0.660. The van der Waals surface area contributed by atoms with Crippen molar-refractivity contribution in [2.75, 3.05) is 13.1 Å². The first kappa shape index (κ1) is 12.4. The van der Waals surface area contributed by atoms with Crippen LogP contribution in [0.3, 0.4) is 0 Å². The van der Waals surface area contributed by atoms with Gasteiger partial charge in [0, 0.05) is 12.6 Å².